The first-order valence-electron chi connectivity index (χ1n) is 8.29. The lowest BCUT2D eigenvalue weighted by molar-refractivity contribution is -0.146. The quantitative estimate of drug-likeness (QED) is 0.804. The highest BCUT2D eigenvalue weighted by molar-refractivity contribution is 6.33. The van der Waals surface area contributed by atoms with Gasteiger partial charge in [-0.3, -0.25) is 14.5 Å². The summed E-state index contributed by atoms with van der Waals surface area (Å²) in [6.07, 6.45) is -0.00337. The van der Waals surface area contributed by atoms with E-state index in [1.807, 2.05) is 30.0 Å². The Bertz CT molecular complexity index is 821. The summed E-state index contributed by atoms with van der Waals surface area (Å²) in [4.78, 5) is 30.3. The monoisotopic (exact) mass is 377 g/mol. The van der Waals surface area contributed by atoms with E-state index < -0.39 is 12.0 Å². The van der Waals surface area contributed by atoms with Crippen LogP contribution in [0.2, 0.25) is 5.02 Å². The smallest absolute Gasteiger partial charge is 0.307 e. The van der Waals surface area contributed by atoms with Crippen LogP contribution in [0, 0.1) is 6.92 Å². The Morgan fingerprint density at radius 1 is 1.46 bits per heavy atom. The van der Waals surface area contributed by atoms with Gasteiger partial charge in [0.2, 0.25) is 11.8 Å². The van der Waals surface area contributed by atoms with Gasteiger partial charge < -0.3 is 14.5 Å². The lowest BCUT2D eigenvalue weighted by Crippen LogP contribution is -2.55. The minimum Gasteiger partial charge on any atom is -0.469 e. The Morgan fingerprint density at radius 3 is 2.96 bits per heavy atom. The topological polar surface area (TPSA) is 84.7 Å². The number of carbonyl (C=O) groups is 2. The van der Waals surface area contributed by atoms with E-state index in [1.54, 1.807) is 6.07 Å². The molecule has 1 aliphatic heterocycles. The Morgan fingerprint density at radius 2 is 2.23 bits per heavy atom. The zero-order valence-electron chi connectivity index (χ0n) is 14.6. The Hall–Kier alpha value is -2.38. The number of ether oxygens (including phenoxy) is 1. The molecular formula is C18H20ClN3O4. The maximum atomic E-state index is 12.2. The van der Waals surface area contributed by atoms with Crippen LogP contribution >= 0.6 is 11.6 Å². The van der Waals surface area contributed by atoms with Crippen LogP contribution in [0.5, 0.6) is 0 Å². The second-order valence-corrected chi connectivity index (χ2v) is 6.47. The molecule has 1 N–H and O–H groups in total. The van der Waals surface area contributed by atoms with Crippen molar-refractivity contribution in [2.75, 3.05) is 20.2 Å². The fourth-order valence-electron chi connectivity index (χ4n) is 2.93. The van der Waals surface area contributed by atoms with Gasteiger partial charge in [-0.15, -0.1) is 0 Å². The van der Waals surface area contributed by atoms with Crippen molar-refractivity contribution >= 4 is 23.5 Å². The molecule has 1 atom stereocenters. The Balaban J connectivity index is 1.82. The Labute approximate surface area is 156 Å². The van der Waals surface area contributed by atoms with Crippen LogP contribution in [-0.2, 0) is 20.9 Å². The first-order valence-corrected chi connectivity index (χ1v) is 8.67. The van der Waals surface area contributed by atoms with Gasteiger partial charge >= 0.3 is 5.97 Å². The normalized spacial score (nSPS) is 17.8. The number of amides is 1. The molecule has 1 aromatic carbocycles. The van der Waals surface area contributed by atoms with Gasteiger partial charge in [-0.05, 0) is 19.1 Å². The van der Waals surface area contributed by atoms with Gasteiger partial charge in [-0.2, -0.15) is 0 Å². The summed E-state index contributed by atoms with van der Waals surface area (Å²) < 4.78 is 10.5. The molecule has 0 bridgehead atoms. The third-order valence-electron chi connectivity index (χ3n) is 4.38. The predicted molar refractivity (Wildman–Crippen MR) is 95.5 cm³/mol. The summed E-state index contributed by atoms with van der Waals surface area (Å²) in [5, 5.41) is 3.34. The summed E-state index contributed by atoms with van der Waals surface area (Å²) in [5.74, 6) is 0.483. The van der Waals surface area contributed by atoms with E-state index in [0.717, 1.165) is 0 Å². The molecule has 1 aliphatic rings. The fourth-order valence-corrected chi connectivity index (χ4v) is 3.15. The summed E-state index contributed by atoms with van der Waals surface area (Å²) in [6, 6.07) is 6.73. The van der Waals surface area contributed by atoms with Crippen LogP contribution in [-0.4, -0.2) is 48.0 Å². The zero-order valence-corrected chi connectivity index (χ0v) is 15.4. The number of nitrogens with one attached hydrogen (secondary N) is 1. The number of piperazine rings is 1. The number of aryl methyl sites for hydroxylation is 1. The summed E-state index contributed by atoms with van der Waals surface area (Å²) >= 11 is 6.21. The van der Waals surface area contributed by atoms with E-state index in [2.05, 4.69) is 10.3 Å². The molecule has 0 aliphatic carbocycles. The molecule has 1 fully saturated rings. The van der Waals surface area contributed by atoms with Crippen molar-refractivity contribution in [2.24, 2.45) is 0 Å². The van der Waals surface area contributed by atoms with Crippen LogP contribution in [0.25, 0.3) is 11.5 Å². The van der Waals surface area contributed by atoms with Crippen LogP contribution in [0.4, 0.5) is 0 Å². The molecule has 1 aromatic heterocycles. The number of rotatable bonds is 5. The van der Waals surface area contributed by atoms with Crippen molar-refractivity contribution in [1.29, 1.82) is 0 Å². The average molecular weight is 378 g/mol. The SMILES string of the molecule is COC(=O)C[C@H]1C(=O)NCCN1Cc1nc(-c2ccccc2Cl)oc1C. The molecule has 26 heavy (non-hydrogen) atoms. The molecule has 0 saturated carbocycles. The van der Waals surface area contributed by atoms with Gasteiger partial charge in [-0.25, -0.2) is 4.98 Å². The largest absolute Gasteiger partial charge is 0.469 e. The van der Waals surface area contributed by atoms with Crippen molar-refractivity contribution in [3.05, 3.63) is 40.7 Å². The summed E-state index contributed by atoms with van der Waals surface area (Å²) in [6.45, 7) is 3.35. The molecule has 7 nitrogen and oxygen atoms in total. The number of hydrogen-bond donors (Lipinski definition) is 1. The minimum absolute atomic E-state index is 0.00337. The van der Waals surface area contributed by atoms with E-state index in [-0.39, 0.29) is 12.3 Å². The van der Waals surface area contributed by atoms with Crippen molar-refractivity contribution < 1.29 is 18.7 Å². The molecule has 8 heteroatoms. The predicted octanol–water partition coefficient (Wildman–Crippen LogP) is 2.17. The van der Waals surface area contributed by atoms with E-state index >= 15 is 0 Å². The second kappa shape index (κ2) is 7.88. The van der Waals surface area contributed by atoms with E-state index in [1.165, 1.54) is 7.11 Å². The van der Waals surface area contributed by atoms with Crippen LogP contribution < -0.4 is 5.32 Å². The van der Waals surface area contributed by atoms with E-state index in [0.29, 0.717) is 47.6 Å². The number of hydrogen-bond acceptors (Lipinski definition) is 6. The van der Waals surface area contributed by atoms with E-state index in [4.69, 9.17) is 20.8 Å². The van der Waals surface area contributed by atoms with Gasteiger partial charge in [0.25, 0.3) is 0 Å². The zero-order chi connectivity index (χ0) is 18.7. The number of esters is 1. The number of methoxy groups -OCH3 is 1. The number of carbonyl (C=O) groups excluding carboxylic acids is 2. The van der Waals surface area contributed by atoms with Crippen molar-refractivity contribution in [3.63, 3.8) is 0 Å². The average Bonchev–Trinajstić information content (AvgIpc) is 2.98. The lowest BCUT2D eigenvalue weighted by atomic mass is 10.1. The van der Waals surface area contributed by atoms with Gasteiger partial charge in [0.05, 0.1) is 29.8 Å². The minimum atomic E-state index is -0.587. The first-order chi connectivity index (χ1) is 12.5. The van der Waals surface area contributed by atoms with Crippen LogP contribution in [0.1, 0.15) is 17.9 Å². The number of oxazole rings is 1. The van der Waals surface area contributed by atoms with E-state index in [9.17, 15) is 9.59 Å². The third kappa shape index (κ3) is 3.89. The lowest BCUT2D eigenvalue weighted by Gasteiger charge is -2.33. The molecule has 1 amide bonds. The molecule has 0 radical (unpaired) electrons. The number of benzene rings is 1. The molecular weight excluding hydrogens is 358 g/mol. The molecule has 0 spiro atoms. The number of halogens is 1. The van der Waals surface area contributed by atoms with Gasteiger partial charge in [0, 0.05) is 19.6 Å². The summed E-state index contributed by atoms with van der Waals surface area (Å²) in [5.41, 5.74) is 1.43. The standard InChI is InChI=1S/C18H20ClN3O4/c1-11-14(21-18(26-11)12-5-3-4-6-13(12)19)10-22-8-7-20-17(24)15(22)9-16(23)25-2/h3-6,15H,7-10H2,1-2H3,(H,20,24)/t15-/m0/s1. The van der Waals surface area contributed by atoms with Crippen molar-refractivity contribution in [3.8, 4) is 11.5 Å². The number of nitrogens with zero attached hydrogens (tertiary/aromatic N) is 2. The fraction of sp³-hybridized carbons (Fsp3) is 0.389. The van der Waals surface area contributed by atoms with Gasteiger partial charge in [-0.1, -0.05) is 23.7 Å². The molecule has 2 heterocycles. The van der Waals surface area contributed by atoms with Crippen LogP contribution in [0.3, 0.4) is 0 Å². The highest BCUT2D eigenvalue weighted by atomic mass is 35.5. The van der Waals surface area contributed by atoms with Crippen molar-refractivity contribution in [1.82, 2.24) is 15.2 Å². The van der Waals surface area contributed by atoms with Gasteiger partial charge in [0.15, 0.2) is 0 Å². The maximum Gasteiger partial charge on any atom is 0.307 e. The first kappa shape index (κ1) is 18.4. The highest BCUT2D eigenvalue weighted by Crippen LogP contribution is 2.29. The van der Waals surface area contributed by atoms with Crippen molar-refractivity contribution in [2.45, 2.75) is 25.9 Å². The Kier molecular flexibility index (Phi) is 5.58. The summed E-state index contributed by atoms with van der Waals surface area (Å²) in [7, 11) is 1.31. The molecule has 138 valence electrons. The second-order valence-electron chi connectivity index (χ2n) is 6.06. The van der Waals surface area contributed by atoms with Crippen LogP contribution in [0.15, 0.2) is 28.7 Å². The third-order valence-corrected chi connectivity index (χ3v) is 4.71. The maximum absolute atomic E-state index is 12.2. The van der Waals surface area contributed by atoms with Gasteiger partial charge in [0.1, 0.15) is 11.8 Å². The number of aromatic nitrogens is 1. The molecule has 1 saturated heterocycles. The highest BCUT2D eigenvalue weighted by Gasteiger charge is 2.33. The molecule has 3 rings (SSSR count). The molecule has 0 unspecified atom stereocenters. The molecule has 2 aromatic rings.